The lowest BCUT2D eigenvalue weighted by Gasteiger charge is -1.90. The Bertz CT molecular complexity index is 204. The van der Waals surface area contributed by atoms with Crippen molar-refractivity contribution in [3.05, 3.63) is 55.0 Å². The molecule has 14 heavy (non-hydrogen) atoms. The molecule has 1 radical (unpaired) electrons. The third kappa shape index (κ3) is 6.47. The monoisotopic (exact) mass is 187 g/mol. The van der Waals surface area contributed by atoms with Crippen LogP contribution >= 0.6 is 0 Å². The molecule has 0 fully saturated rings. The lowest BCUT2D eigenvalue weighted by atomic mass is 10.2. The minimum Gasteiger partial charge on any atom is -0.0882 e. The maximum Gasteiger partial charge on any atom is 0.00442 e. The van der Waals surface area contributed by atoms with Crippen LogP contribution in [0.25, 0.3) is 0 Å². The maximum absolute atomic E-state index is 2.28. The summed E-state index contributed by atoms with van der Waals surface area (Å²) < 4.78 is 0. The molecular weight excluding hydrogens is 168 g/mol. The standard InChI is InChI=1S/C14H19/c1-2-4-6-8-10-12-14-13-11-9-7-5-3-1/h1-5,8,10-11,13H,6-7,9,12,14H2/b4-2+,5-3-,10-8+,13-11+. The van der Waals surface area contributed by atoms with Crippen molar-refractivity contribution < 1.29 is 0 Å². The van der Waals surface area contributed by atoms with Crippen LogP contribution in [-0.2, 0) is 0 Å². The van der Waals surface area contributed by atoms with Gasteiger partial charge < -0.3 is 0 Å². The summed E-state index contributed by atoms with van der Waals surface area (Å²) in [6, 6.07) is 0. The van der Waals surface area contributed by atoms with Gasteiger partial charge in [0, 0.05) is 6.42 Å². The van der Waals surface area contributed by atoms with E-state index in [1.54, 1.807) is 0 Å². The molecule has 0 aromatic heterocycles. The molecule has 0 N–H and O–H groups in total. The van der Waals surface area contributed by atoms with E-state index in [9.17, 15) is 0 Å². The van der Waals surface area contributed by atoms with Gasteiger partial charge in [0.05, 0.1) is 0 Å². The topological polar surface area (TPSA) is 0 Å². The molecule has 0 saturated heterocycles. The third-order valence-corrected chi connectivity index (χ3v) is 2.10. The summed E-state index contributed by atoms with van der Waals surface area (Å²) in [5, 5.41) is 0. The first-order valence-electron chi connectivity index (χ1n) is 5.45. The Morgan fingerprint density at radius 3 is 1.86 bits per heavy atom. The molecule has 0 saturated carbocycles. The second-order valence-corrected chi connectivity index (χ2v) is 3.38. The molecule has 0 bridgehead atoms. The minimum atomic E-state index is 1.05. The van der Waals surface area contributed by atoms with Crippen LogP contribution < -0.4 is 0 Å². The van der Waals surface area contributed by atoms with Gasteiger partial charge in [-0.25, -0.2) is 0 Å². The molecule has 0 aromatic carbocycles. The lowest BCUT2D eigenvalue weighted by Crippen LogP contribution is -1.70. The van der Waals surface area contributed by atoms with Crippen LogP contribution in [0.15, 0.2) is 48.6 Å². The highest BCUT2D eigenvalue weighted by molar-refractivity contribution is 5.10. The Kier molecular flexibility index (Phi) is 6.74. The summed E-state index contributed by atoms with van der Waals surface area (Å²) in [5.41, 5.74) is 0. The van der Waals surface area contributed by atoms with Crippen molar-refractivity contribution in [2.24, 2.45) is 0 Å². The van der Waals surface area contributed by atoms with E-state index in [0.29, 0.717) is 0 Å². The first kappa shape index (κ1) is 11.0. The quantitative estimate of drug-likeness (QED) is 0.494. The number of allylic oxidation sites excluding steroid dienone is 8. The normalized spacial score (nSPS) is 28.6. The van der Waals surface area contributed by atoms with E-state index in [-0.39, 0.29) is 0 Å². The van der Waals surface area contributed by atoms with Gasteiger partial charge in [0.2, 0.25) is 0 Å². The van der Waals surface area contributed by atoms with Crippen molar-refractivity contribution in [2.45, 2.75) is 32.1 Å². The number of rotatable bonds is 0. The van der Waals surface area contributed by atoms with Crippen LogP contribution in [0.1, 0.15) is 32.1 Å². The summed E-state index contributed by atoms with van der Waals surface area (Å²) in [5.74, 6) is 0. The Balaban J connectivity index is 2.34. The van der Waals surface area contributed by atoms with Crippen LogP contribution in [0.4, 0.5) is 0 Å². The minimum absolute atomic E-state index is 1.05. The van der Waals surface area contributed by atoms with Gasteiger partial charge in [0.15, 0.2) is 0 Å². The molecule has 1 aliphatic carbocycles. The smallest absolute Gasteiger partial charge is 0.00442 e. The van der Waals surface area contributed by atoms with Crippen molar-refractivity contribution >= 4 is 0 Å². The van der Waals surface area contributed by atoms with E-state index < -0.39 is 0 Å². The molecule has 0 heterocycles. The molecule has 0 unspecified atom stereocenters. The van der Waals surface area contributed by atoms with Crippen LogP contribution in [0, 0.1) is 6.42 Å². The highest BCUT2D eigenvalue weighted by Gasteiger charge is 1.80. The largest absolute Gasteiger partial charge is 0.0882 e. The molecule has 1 aliphatic rings. The second kappa shape index (κ2) is 8.55. The summed E-state index contributed by atoms with van der Waals surface area (Å²) in [7, 11) is 0. The van der Waals surface area contributed by atoms with Gasteiger partial charge in [-0.2, -0.15) is 0 Å². The molecule has 0 aromatic rings. The van der Waals surface area contributed by atoms with Gasteiger partial charge in [-0.05, 0) is 32.1 Å². The molecular formula is C14H19. The maximum atomic E-state index is 2.28. The molecule has 0 amide bonds. The molecule has 75 valence electrons. The van der Waals surface area contributed by atoms with Gasteiger partial charge in [-0.15, -0.1) is 0 Å². The molecule has 0 nitrogen and oxygen atoms in total. The van der Waals surface area contributed by atoms with E-state index >= 15 is 0 Å². The van der Waals surface area contributed by atoms with Crippen molar-refractivity contribution in [1.29, 1.82) is 0 Å². The fraction of sp³-hybridized carbons (Fsp3) is 0.357. The predicted octanol–water partition coefficient (Wildman–Crippen LogP) is 4.38. The van der Waals surface area contributed by atoms with Crippen molar-refractivity contribution in [1.82, 2.24) is 0 Å². The van der Waals surface area contributed by atoms with E-state index in [1.165, 1.54) is 12.8 Å². The van der Waals surface area contributed by atoms with E-state index in [2.05, 4.69) is 55.0 Å². The molecule has 0 aliphatic heterocycles. The van der Waals surface area contributed by atoms with E-state index in [1.807, 2.05) is 0 Å². The second-order valence-electron chi connectivity index (χ2n) is 3.38. The summed E-state index contributed by atoms with van der Waals surface area (Å²) >= 11 is 0. The van der Waals surface area contributed by atoms with E-state index in [0.717, 1.165) is 19.3 Å². The predicted molar refractivity (Wildman–Crippen MR) is 63.9 cm³/mol. The SMILES string of the molecule is [CH]1/C=C\CC/C=C/CC/C=C/C/C=C/1. The molecule has 1 rings (SSSR count). The van der Waals surface area contributed by atoms with Crippen LogP contribution in [0.2, 0.25) is 0 Å². The molecule has 0 spiro atoms. The molecule has 0 atom stereocenters. The zero-order valence-electron chi connectivity index (χ0n) is 8.73. The Labute approximate surface area is 87.7 Å². The van der Waals surface area contributed by atoms with Gasteiger partial charge in [-0.3, -0.25) is 0 Å². The summed E-state index contributed by atoms with van der Waals surface area (Å²) in [6.45, 7) is 0. The van der Waals surface area contributed by atoms with Crippen LogP contribution in [-0.4, -0.2) is 0 Å². The van der Waals surface area contributed by atoms with Gasteiger partial charge in [-0.1, -0.05) is 48.6 Å². The first-order valence-corrected chi connectivity index (χ1v) is 5.45. The van der Waals surface area contributed by atoms with Crippen molar-refractivity contribution in [2.75, 3.05) is 0 Å². The van der Waals surface area contributed by atoms with Crippen molar-refractivity contribution in [3.63, 3.8) is 0 Å². The van der Waals surface area contributed by atoms with Crippen LogP contribution in [0.5, 0.6) is 0 Å². The highest BCUT2D eigenvalue weighted by atomic mass is 13.9. The zero-order valence-corrected chi connectivity index (χ0v) is 8.73. The third-order valence-electron chi connectivity index (χ3n) is 2.10. The number of hydrogen-bond donors (Lipinski definition) is 0. The fourth-order valence-electron chi connectivity index (χ4n) is 1.31. The van der Waals surface area contributed by atoms with Gasteiger partial charge in [0.25, 0.3) is 0 Å². The summed E-state index contributed by atoms with van der Waals surface area (Å²) in [4.78, 5) is 0. The Hall–Kier alpha value is -1.04. The molecule has 0 heteroatoms. The van der Waals surface area contributed by atoms with Gasteiger partial charge in [0.1, 0.15) is 0 Å². The van der Waals surface area contributed by atoms with Crippen LogP contribution in [0.3, 0.4) is 0 Å². The Morgan fingerprint density at radius 1 is 0.500 bits per heavy atom. The summed E-state index contributed by atoms with van der Waals surface area (Å²) in [6.07, 6.45) is 25.5. The van der Waals surface area contributed by atoms with Gasteiger partial charge >= 0.3 is 0 Å². The first-order chi connectivity index (χ1) is 7.00. The average molecular weight is 187 g/mol. The Morgan fingerprint density at radius 2 is 1.07 bits per heavy atom. The number of hydrogen-bond acceptors (Lipinski definition) is 0. The van der Waals surface area contributed by atoms with Crippen molar-refractivity contribution in [3.8, 4) is 0 Å². The average Bonchev–Trinajstić information content (AvgIpc) is 2.22. The highest BCUT2D eigenvalue weighted by Crippen LogP contribution is 2.00. The lowest BCUT2D eigenvalue weighted by molar-refractivity contribution is 1.00. The fourth-order valence-corrected chi connectivity index (χ4v) is 1.31. The zero-order chi connectivity index (χ0) is 9.90. The van der Waals surface area contributed by atoms with E-state index in [4.69, 9.17) is 0 Å².